The van der Waals surface area contributed by atoms with E-state index in [0.29, 0.717) is 6.04 Å². The molecule has 21 heavy (non-hydrogen) atoms. The van der Waals surface area contributed by atoms with Crippen LogP contribution in [0, 0.1) is 0 Å². The Hall–Kier alpha value is -1.59. The fraction of sp³-hybridized carbons (Fsp3) is 0.312. The fourth-order valence-corrected chi connectivity index (χ4v) is 3.89. The molecule has 1 atom stereocenters. The van der Waals surface area contributed by atoms with E-state index in [4.69, 9.17) is 17.0 Å². The third kappa shape index (κ3) is 3.19. The van der Waals surface area contributed by atoms with Gasteiger partial charge in [0.25, 0.3) is 0 Å². The van der Waals surface area contributed by atoms with E-state index >= 15 is 0 Å². The number of benzene rings is 1. The zero-order valence-electron chi connectivity index (χ0n) is 11.9. The van der Waals surface area contributed by atoms with Gasteiger partial charge in [-0.2, -0.15) is 0 Å². The van der Waals surface area contributed by atoms with E-state index in [1.807, 2.05) is 24.3 Å². The van der Waals surface area contributed by atoms with E-state index in [1.54, 1.807) is 18.4 Å². The van der Waals surface area contributed by atoms with Crippen molar-refractivity contribution in [3.63, 3.8) is 0 Å². The Balaban J connectivity index is 1.72. The molecule has 2 heterocycles. The summed E-state index contributed by atoms with van der Waals surface area (Å²) < 4.78 is 5.25. The lowest BCUT2D eigenvalue weighted by Gasteiger charge is -2.27. The molecule has 0 spiro atoms. The molecule has 1 N–H and O–H groups in total. The van der Waals surface area contributed by atoms with Gasteiger partial charge < -0.3 is 15.0 Å². The van der Waals surface area contributed by atoms with E-state index in [1.165, 1.54) is 17.7 Å². The van der Waals surface area contributed by atoms with Gasteiger partial charge in [0.05, 0.1) is 13.2 Å². The fourth-order valence-electron chi connectivity index (χ4n) is 2.68. The molecule has 0 bridgehead atoms. The van der Waals surface area contributed by atoms with Gasteiger partial charge >= 0.3 is 0 Å². The Labute approximate surface area is 134 Å². The first kappa shape index (κ1) is 14.4. The first-order valence-corrected chi connectivity index (χ1v) is 8.32. The van der Waals surface area contributed by atoms with Crippen LogP contribution in [0.25, 0.3) is 0 Å². The molecule has 3 nitrogen and oxygen atoms in total. The topological polar surface area (TPSA) is 24.5 Å². The number of hydrogen-bond acceptors (Lipinski definition) is 3. The second-order valence-corrected chi connectivity index (χ2v) is 6.39. The van der Waals surface area contributed by atoms with Gasteiger partial charge in [-0.1, -0.05) is 12.1 Å². The van der Waals surface area contributed by atoms with Crippen molar-refractivity contribution < 1.29 is 4.74 Å². The minimum atomic E-state index is 0.413. The smallest absolute Gasteiger partial charge is 0.173 e. The summed E-state index contributed by atoms with van der Waals surface area (Å²) in [5.41, 5.74) is 0.969. The third-order valence-corrected chi connectivity index (χ3v) is 5.02. The van der Waals surface area contributed by atoms with E-state index < -0.39 is 0 Å². The summed E-state index contributed by atoms with van der Waals surface area (Å²) in [7, 11) is 1.67. The van der Waals surface area contributed by atoms with Crippen molar-refractivity contribution in [3.8, 4) is 5.75 Å². The molecule has 1 aromatic carbocycles. The molecule has 5 heteroatoms. The zero-order chi connectivity index (χ0) is 14.7. The Morgan fingerprint density at radius 2 is 2.29 bits per heavy atom. The van der Waals surface area contributed by atoms with Crippen LogP contribution >= 0.6 is 23.6 Å². The van der Waals surface area contributed by atoms with Crippen molar-refractivity contribution >= 4 is 34.4 Å². The Morgan fingerprint density at radius 3 is 3.05 bits per heavy atom. The van der Waals surface area contributed by atoms with Crippen LogP contribution in [0.3, 0.4) is 0 Å². The molecule has 0 amide bonds. The predicted molar refractivity (Wildman–Crippen MR) is 92.2 cm³/mol. The van der Waals surface area contributed by atoms with Gasteiger partial charge in [-0.25, -0.2) is 0 Å². The molecule has 1 aliphatic rings. The Morgan fingerprint density at radius 1 is 1.38 bits per heavy atom. The SMILES string of the molecule is COc1cccc(NC(=S)N2CCC[C@@H]2c2cccs2)c1. The van der Waals surface area contributed by atoms with Gasteiger partial charge in [-0.05, 0) is 48.6 Å². The predicted octanol–water partition coefficient (Wildman–Crippen LogP) is 4.29. The number of thiophene rings is 1. The van der Waals surface area contributed by atoms with Crippen molar-refractivity contribution in [2.75, 3.05) is 19.0 Å². The molecule has 0 saturated carbocycles. The van der Waals surface area contributed by atoms with Crippen LogP contribution < -0.4 is 10.1 Å². The van der Waals surface area contributed by atoms with Crippen LogP contribution in [0.4, 0.5) is 5.69 Å². The van der Waals surface area contributed by atoms with Crippen LogP contribution in [-0.2, 0) is 0 Å². The summed E-state index contributed by atoms with van der Waals surface area (Å²) in [6.07, 6.45) is 2.35. The zero-order valence-corrected chi connectivity index (χ0v) is 13.5. The van der Waals surface area contributed by atoms with Crippen molar-refractivity contribution in [1.29, 1.82) is 0 Å². The number of thiocarbonyl (C=S) groups is 1. The highest BCUT2D eigenvalue weighted by Gasteiger charge is 2.28. The van der Waals surface area contributed by atoms with E-state index in [0.717, 1.165) is 23.1 Å². The van der Waals surface area contributed by atoms with Crippen molar-refractivity contribution in [1.82, 2.24) is 4.90 Å². The Bertz CT molecular complexity index is 612. The molecule has 0 radical (unpaired) electrons. The number of anilines is 1. The van der Waals surface area contributed by atoms with Gasteiger partial charge in [0.15, 0.2) is 5.11 Å². The van der Waals surface area contributed by atoms with Gasteiger partial charge in [0.2, 0.25) is 0 Å². The van der Waals surface area contributed by atoms with Gasteiger partial charge in [-0.15, -0.1) is 11.3 Å². The molecule has 110 valence electrons. The average molecular weight is 318 g/mol. The first-order valence-electron chi connectivity index (χ1n) is 7.03. The molecule has 1 fully saturated rings. The highest BCUT2D eigenvalue weighted by atomic mass is 32.1. The maximum atomic E-state index is 5.60. The minimum absolute atomic E-state index is 0.413. The van der Waals surface area contributed by atoms with Gasteiger partial charge in [0.1, 0.15) is 5.75 Å². The number of nitrogens with zero attached hydrogens (tertiary/aromatic N) is 1. The molecule has 0 unspecified atom stereocenters. The summed E-state index contributed by atoms with van der Waals surface area (Å²) in [6.45, 7) is 1.01. The standard InChI is InChI=1S/C16H18N2OS2/c1-19-13-6-2-5-12(11-13)17-16(20)18-9-3-7-14(18)15-8-4-10-21-15/h2,4-6,8,10-11,14H,3,7,9H2,1H3,(H,17,20)/t14-/m1/s1. The lowest BCUT2D eigenvalue weighted by Crippen LogP contribution is -2.33. The molecule has 1 aliphatic heterocycles. The molecule has 1 aromatic heterocycles. The summed E-state index contributed by atoms with van der Waals surface area (Å²) in [5, 5.41) is 6.25. The maximum Gasteiger partial charge on any atom is 0.173 e. The van der Waals surface area contributed by atoms with Crippen LogP contribution in [0.15, 0.2) is 41.8 Å². The molecule has 2 aromatic rings. The molecule has 1 saturated heterocycles. The van der Waals surface area contributed by atoms with E-state index in [-0.39, 0.29) is 0 Å². The minimum Gasteiger partial charge on any atom is -0.497 e. The summed E-state index contributed by atoms with van der Waals surface area (Å²) >= 11 is 7.41. The van der Waals surface area contributed by atoms with Gasteiger partial charge in [0, 0.05) is 23.2 Å². The quantitative estimate of drug-likeness (QED) is 0.853. The monoisotopic (exact) mass is 318 g/mol. The van der Waals surface area contributed by atoms with Crippen molar-refractivity contribution in [3.05, 3.63) is 46.7 Å². The third-order valence-electron chi connectivity index (χ3n) is 3.71. The van der Waals surface area contributed by atoms with Crippen LogP contribution in [0.5, 0.6) is 5.75 Å². The second kappa shape index (κ2) is 6.45. The number of rotatable bonds is 3. The summed E-state index contributed by atoms with van der Waals surface area (Å²) in [4.78, 5) is 3.68. The number of nitrogens with one attached hydrogen (secondary N) is 1. The van der Waals surface area contributed by atoms with Crippen molar-refractivity contribution in [2.45, 2.75) is 18.9 Å². The van der Waals surface area contributed by atoms with E-state index in [2.05, 4.69) is 27.7 Å². The molecule has 0 aliphatic carbocycles. The lowest BCUT2D eigenvalue weighted by molar-refractivity contribution is 0.411. The second-order valence-electron chi connectivity index (χ2n) is 5.03. The largest absolute Gasteiger partial charge is 0.497 e. The molecular formula is C16H18N2OS2. The normalized spacial score (nSPS) is 17.8. The Kier molecular flexibility index (Phi) is 4.41. The average Bonchev–Trinajstić information content (AvgIpc) is 3.18. The van der Waals surface area contributed by atoms with Crippen LogP contribution in [0.2, 0.25) is 0 Å². The number of methoxy groups -OCH3 is 1. The first-order chi connectivity index (χ1) is 10.3. The van der Waals surface area contributed by atoms with Crippen LogP contribution in [0.1, 0.15) is 23.8 Å². The van der Waals surface area contributed by atoms with E-state index in [9.17, 15) is 0 Å². The maximum absolute atomic E-state index is 5.60. The highest BCUT2D eigenvalue weighted by molar-refractivity contribution is 7.80. The summed E-state index contributed by atoms with van der Waals surface area (Å²) in [5.74, 6) is 0.832. The molecule has 3 rings (SSSR count). The number of ether oxygens (including phenoxy) is 1. The summed E-state index contributed by atoms with van der Waals surface area (Å²) in [6, 6.07) is 12.6. The lowest BCUT2D eigenvalue weighted by atomic mass is 10.2. The van der Waals surface area contributed by atoms with Crippen LogP contribution in [-0.4, -0.2) is 23.7 Å². The highest BCUT2D eigenvalue weighted by Crippen LogP contribution is 2.35. The van der Waals surface area contributed by atoms with Crippen molar-refractivity contribution in [2.24, 2.45) is 0 Å². The number of hydrogen-bond donors (Lipinski definition) is 1. The number of likely N-dealkylation sites (tertiary alicyclic amines) is 1. The molecular weight excluding hydrogens is 300 g/mol. The van der Waals surface area contributed by atoms with Gasteiger partial charge in [-0.3, -0.25) is 0 Å².